The van der Waals surface area contributed by atoms with Crippen molar-refractivity contribution in [1.82, 2.24) is 10.2 Å². The Morgan fingerprint density at radius 2 is 2.00 bits per heavy atom. The molecule has 0 amide bonds. The van der Waals surface area contributed by atoms with Crippen LogP contribution in [-0.2, 0) is 0 Å². The van der Waals surface area contributed by atoms with Crippen LogP contribution in [0.25, 0.3) is 0 Å². The number of piperazine rings is 1. The summed E-state index contributed by atoms with van der Waals surface area (Å²) < 4.78 is 1.17. The third-order valence-corrected chi connectivity index (χ3v) is 3.96. The quantitative estimate of drug-likeness (QED) is 0.768. The molecule has 0 radical (unpaired) electrons. The van der Waals surface area contributed by atoms with Crippen LogP contribution in [0.1, 0.15) is 24.4 Å². The minimum absolute atomic E-state index is 0. The summed E-state index contributed by atoms with van der Waals surface area (Å²) in [6.45, 7) is 8.31. The summed E-state index contributed by atoms with van der Waals surface area (Å²) in [5, 5.41) is 3.42. The maximum absolute atomic E-state index is 3.85. The highest BCUT2D eigenvalue weighted by Crippen LogP contribution is 2.28. The van der Waals surface area contributed by atoms with E-state index in [2.05, 4.69) is 57.0 Å². The molecule has 0 aliphatic carbocycles. The van der Waals surface area contributed by atoms with Gasteiger partial charge < -0.3 is 5.32 Å². The van der Waals surface area contributed by atoms with Crippen LogP contribution in [0.3, 0.4) is 0 Å². The van der Waals surface area contributed by atoms with Crippen LogP contribution in [0.5, 0.6) is 0 Å². The Labute approximate surface area is 143 Å². The maximum Gasteiger partial charge on any atom is 0.0352 e. The van der Waals surface area contributed by atoms with E-state index >= 15 is 0 Å². The summed E-state index contributed by atoms with van der Waals surface area (Å²) in [7, 11) is 0. The Morgan fingerprint density at radius 3 is 2.60 bits per heavy atom. The highest BCUT2D eigenvalue weighted by atomic mass is 79.9. The molecule has 0 saturated carbocycles. The lowest BCUT2D eigenvalue weighted by Gasteiger charge is -2.35. The number of nitrogens with one attached hydrogen (secondary N) is 1. The van der Waals surface area contributed by atoms with Crippen molar-refractivity contribution >= 4 is 40.7 Å². The van der Waals surface area contributed by atoms with Crippen LogP contribution >= 0.6 is 40.7 Å². The first kappa shape index (κ1) is 19.9. The maximum atomic E-state index is 3.85. The molecule has 0 aromatic heterocycles. The molecule has 2 nitrogen and oxygen atoms in total. The molecule has 1 aliphatic heterocycles. The minimum Gasteiger partial charge on any atom is -0.314 e. The SMILES string of the molecule is C=CCC[C@H](c1cccc(Br)c1)N1CCNCC1.Cl.Cl. The van der Waals surface area contributed by atoms with Gasteiger partial charge in [0.25, 0.3) is 0 Å². The second-order valence-electron chi connectivity index (χ2n) is 4.72. The molecule has 1 atom stereocenters. The van der Waals surface area contributed by atoms with E-state index in [1.54, 1.807) is 0 Å². The standard InChI is InChI=1S/C15H21BrN2.2ClH/c1-2-3-7-15(18-10-8-17-9-11-18)13-5-4-6-14(16)12-13;;/h2,4-6,12,15,17H,1,3,7-11H2;2*1H/t15-;;/m1../s1. The third kappa shape index (κ3) is 5.74. The number of benzene rings is 1. The van der Waals surface area contributed by atoms with Crippen molar-refractivity contribution < 1.29 is 0 Å². The van der Waals surface area contributed by atoms with Gasteiger partial charge >= 0.3 is 0 Å². The Morgan fingerprint density at radius 1 is 1.30 bits per heavy atom. The Hall–Kier alpha value is -0.0600. The predicted molar refractivity (Wildman–Crippen MR) is 95.3 cm³/mol. The van der Waals surface area contributed by atoms with E-state index in [4.69, 9.17) is 0 Å². The van der Waals surface area contributed by atoms with Crippen molar-refractivity contribution in [2.45, 2.75) is 18.9 Å². The first-order chi connectivity index (χ1) is 8.81. The van der Waals surface area contributed by atoms with Crippen LogP contribution in [0.2, 0.25) is 0 Å². The van der Waals surface area contributed by atoms with Gasteiger partial charge in [0.1, 0.15) is 0 Å². The number of allylic oxidation sites excluding steroid dienone is 1. The minimum atomic E-state index is 0. The molecule has 1 N–H and O–H groups in total. The van der Waals surface area contributed by atoms with Crippen molar-refractivity contribution in [2.24, 2.45) is 0 Å². The molecular formula is C15H23BrCl2N2. The highest BCUT2D eigenvalue weighted by Gasteiger charge is 2.21. The van der Waals surface area contributed by atoms with Gasteiger partial charge in [-0.3, -0.25) is 4.90 Å². The average Bonchev–Trinajstić information content (AvgIpc) is 2.40. The van der Waals surface area contributed by atoms with E-state index in [0.717, 1.165) is 39.0 Å². The van der Waals surface area contributed by atoms with Gasteiger partial charge in [-0.05, 0) is 30.5 Å². The lowest BCUT2D eigenvalue weighted by atomic mass is 9.99. The molecule has 0 spiro atoms. The van der Waals surface area contributed by atoms with Gasteiger partial charge in [0.15, 0.2) is 0 Å². The van der Waals surface area contributed by atoms with Crippen molar-refractivity contribution in [3.63, 3.8) is 0 Å². The normalized spacial score (nSPS) is 16.6. The molecule has 0 bridgehead atoms. The van der Waals surface area contributed by atoms with Crippen molar-refractivity contribution in [1.29, 1.82) is 0 Å². The molecule has 1 saturated heterocycles. The summed E-state index contributed by atoms with van der Waals surface area (Å²) in [5.41, 5.74) is 1.41. The highest BCUT2D eigenvalue weighted by molar-refractivity contribution is 9.10. The molecule has 114 valence electrons. The first-order valence-electron chi connectivity index (χ1n) is 6.62. The molecular weight excluding hydrogens is 359 g/mol. The van der Waals surface area contributed by atoms with E-state index < -0.39 is 0 Å². The van der Waals surface area contributed by atoms with Gasteiger partial charge in [-0.25, -0.2) is 0 Å². The lowest BCUT2D eigenvalue weighted by molar-refractivity contribution is 0.166. The van der Waals surface area contributed by atoms with Gasteiger partial charge in [0.2, 0.25) is 0 Å². The van der Waals surface area contributed by atoms with Gasteiger partial charge in [0.05, 0.1) is 0 Å². The molecule has 1 aromatic rings. The van der Waals surface area contributed by atoms with Crippen molar-refractivity contribution in [3.8, 4) is 0 Å². The fraction of sp³-hybridized carbons (Fsp3) is 0.467. The van der Waals surface area contributed by atoms with E-state index in [1.165, 1.54) is 10.0 Å². The average molecular weight is 382 g/mol. The summed E-state index contributed by atoms with van der Waals surface area (Å²) in [4.78, 5) is 2.59. The Balaban J connectivity index is 0.00000180. The van der Waals surface area contributed by atoms with Crippen LogP contribution in [0.4, 0.5) is 0 Å². The summed E-state index contributed by atoms with van der Waals surface area (Å²) >= 11 is 3.57. The molecule has 5 heteroatoms. The van der Waals surface area contributed by atoms with Crippen molar-refractivity contribution in [2.75, 3.05) is 26.2 Å². The number of hydrogen-bond acceptors (Lipinski definition) is 2. The van der Waals surface area contributed by atoms with E-state index in [1.807, 2.05) is 6.08 Å². The van der Waals surface area contributed by atoms with E-state index in [0.29, 0.717) is 6.04 Å². The number of nitrogens with zero attached hydrogens (tertiary/aromatic N) is 1. The molecule has 1 aromatic carbocycles. The fourth-order valence-corrected chi connectivity index (χ4v) is 2.96. The van der Waals surface area contributed by atoms with Crippen LogP contribution < -0.4 is 5.32 Å². The van der Waals surface area contributed by atoms with Crippen LogP contribution in [0.15, 0.2) is 41.4 Å². The number of rotatable bonds is 5. The summed E-state index contributed by atoms with van der Waals surface area (Å²) in [5.74, 6) is 0. The Bertz CT molecular complexity index is 395. The molecule has 1 fully saturated rings. The number of halogens is 3. The zero-order valence-corrected chi connectivity index (χ0v) is 14.8. The van der Waals surface area contributed by atoms with Crippen LogP contribution in [-0.4, -0.2) is 31.1 Å². The second kappa shape index (κ2) is 10.6. The Kier molecular flexibility index (Phi) is 10.6. The van der Waals surface area contributed by atoms with Crippen molar-refractivity contribution in [3.05, 3.63) is 47.0 Å². The molecule has 0 unspecified atom stereocenters. The summed E-state index contributed by atoms with van der Waals surface area (Å²) in [6, 6.07) is 9.22. The lowest BCUT2D eigenvalue weighted by Crippen LogP contribution is -2.45. The van der Waals surface area contributed by atoms with Gasteiger partial charge in [-0.2, -0.15) is 0 Å². The number of hydrogen-bond donors (Lipinski definition) is 1. The third-order valence-electron chi connectivity index (χ3n) is 3.47. The topological polar surface area (TPSA) is 15.3 Å². The van der Waals surface area contributed by atoms with Gasteiger partial charge in [0, 0.05) is 36.7 Å². The summed E-state index contributed by atoms with van der Waals surface area (Å²) in [6.07, 6.45) is 4.24. The zero-order chi connectivity index (χ0) is 12.8. The monoisotopic (exact) mass is 380 g/mol. The first-order valence-corrected chi connectivity index (χ1v) is 7.41. The predicted octanol–water partition coefficient (Wildman–Crippen LogP) is 4.21. The van der Waals surface area contributed by atoms with Gasteiger partial charge in [-0.15, -0.1) is 31.4 Å². The largest absolute Gasteiger partial charge is 0.314 e. The smallest absolute Gasteiger partial charge is 0.0352 e. The van der Waals surface area contributed by atoms with E-state index in [9.17, 15) is 0 Å². The second-order valence-corrected chi connectivity index (χ2v) is 5.64. The van der Waals surface area contributed by atoms with Gasteiger partial charge in [-0.1, -0.05) is 34.1 Å². The molecule has 20 heavy (non-hydrogen) atoms. The fourth-order valence-electron chi connectivity index (χ4n) is 2.54. The molecule has 1 aliphatic rings. The molecule has 2 rings (SSSR count). The zero-order valence-electron chi connectivity index (χ0n) is 11.6. The molecule has 1 heterocycles. The van der Waals surface area contributed by atoms with Crippen LogP contribution in [0, 0.1) is 0 Å². The van der Waals surface area contributed by atoms with E-state index in [-0.39, 0.29) is 24.8 Å².